The molecule has 0 N–H and O–H groups in total. The molecular weight excluding hydrogens is 366 g/mol. The van der Waals surface area contributed by atoms with Crippen LogP contribution in [0.1, 0.15) is 12.8 Å². The van der Waals surface area contributed by atoms with Crippen LogP contribution in [0.3, 0.4) is 0 Å². The van der Waals surface area contributed by atoms with Crippen molar-refractivity contribution in [2.24, 2.45) is 0 Å². The number of benzene rings is 3. The number of carbonyl (C=O) groups excluding carboxylic acids is 1. The van der Waals surface area contributed by atoms with E-state index < -0.39 is 0 Å². The molecule has 1 heterocycles. The highest BCUT2D eigenvalue weighted by molar-refractivity contribution is 5.76. The Morgan fingerprint density at radius 1 is 0.897 bits per heavy atom. The lowest BCUT2D eigenvalue weighted by molar-refractivity contribution is -0.140. The van der Waals surface area contributed by atoms with Crippen LogP contribution in [0.4, 0.5) is 0 Å². The zero-order valence-electron chi connectivity index (χ0n) is 16.1. The molecule has 5 heteroatoms. The fourth-order valence-corrected chi connectivity index (χ4v) is 3.05. The average molecular weight is 387 g/mol. The van der Waals surface area contributed by atoms with Crippen molar-refractivity contribution in [3.05, 3.63) is 72.8 Å². The molecule has 0 fully saturated rings. The molecule has 0 radical (unpaired) electrons. The Morgan fingerprint density at radius 2 is 1.55 bits per heavy atom. The Bertz CT molecular complexity index is 1060. The van der Waals surface area contributed by atoms with Crippen molar-refractivity contribution in [1.29, 1.82) is 0 Å². The lowest BCUT2D eigenvalue weighted by Gasteiger charge is -2.07. The second-order valence-electron chi connectivity index (χ2n) is 6.62. The number of aromatic nitrogens is 1. The summed E-state index contributed by atoms with van der Waals surface area (Å²) >= 11 is 0. The summed E-state index contributed by atoms with van der Waals surface area (Å²) in [4.78, 5) is 15.6. The van der Waals surface area contributed by atoms with Crippen molar-refractivity contribution in [2.75, 3.05) is 13.7 Å². The number of ether oxygens (including phenoxy) is 2. The number of esters is 1. The second-order valence-corrected chi connectivity index (χ2v) is 6.62. The first kappa shape index (κ1) is 18.7. The van der Waals surface area contributed by atoms with Gasteiger partial charge in [0.15, 0.2) is 5.58 Å². The average Bonchev–Trinajstić information content (AvgIpc) is 3.21. The van der Waals surface area contributed by atoms with Crippen LogP contribution in [0.2, 0.25) is 0 Å². The highest BCUT2D eigenvalue weighted by Gasteiger charge is 2.08. The molecular formula is C24H21NO4. The molecule has 0 amide bonds. The largest absolute Gasteiger partial charge is 0.494 e. The number of nitrogens with zero attached hydrogens (tertiary/aromatic N) is 1. The monoisotopic (exact) mass is 387 g/mol. The van der Waals surface area contributed by atoms with Crippen LogP contribution < -0.4 is 4.74 Å². The van der Waals surface area contributed by atoms with Gasteiger partial charge in [0.25, 0.3) is 0 Å². The number of hydrogen-bond donors (Lipinski definition) is 0. The number of oxazole rings is 1. The molecule has 3 aromatic carbocycles. The lowest BCUT2D eigenvalue weighted by Crippen LogP contribution is -2.04. The van der Waals surface area contributed by atoms with Gasteiger partial charge in [0.1, 0.15) is 11.3 Å². The highest BCUT2D eigenvalue weighted by Crippen LogP contribution is 2.28. The van der Waals surface area contributed by atoms with E-state index in [1.165, 1.54) is 7.11 Å². The van der Waals surface area contributed by atoms with Crippen LogP contribution in [0.15, 0.2) is 77.2 Å². The van der Waals surface area contributed by atoms with E-state index in [4.69, 9.17) is 9.15 Å². The summed E-state index contributed by atoms with van der Waals surface area (Å²) in [6.45, 7) is 0.480. The molecule has 0 bridgehead atoms. The minimum atomic E-state index is -0.217. The Labute approximate surface area is 168 Å². The van der Waals surface area contributed by atoms with Gasteiger partial charge in [-0.2, -0.15) is 0 Å². The summed E-state index contributed by atoms with van der Waals surface area (Å²) in [5, 5.41) is 0. The molecule has 5 nitrogen and oxygen atoms in total. The Morgan fingerprint density at radius 3 is 2.24 bits per heavy atom. The maximum atomic E-state index is 11.1. The van der Waals surface area contributed by atoms with E-state index >= 15 is 0 Å². The summed E-state index contributed by atoms with van der Waals surface area (Å²) in [6.07, 6.45) is 0.993. The SMILES string of the molecule is COC(=O)CCCOc1ccc(-c2ccc(-c3nc4ccccc4o3)cc2)cc1. The first-order chi connectivity index (χ1) is 14.2. The molecule has 4 aromatic rings. The molecule has 4 rings (SSSR count). The van der Waals surface area contributed by atoms with Gasteiger partial charge in [-0.3, -0.25) is 4.79 Å². The molecule has 0 saturated heterocycles. The van der Waals surface area contributed by atoms with Crippen molar-refractivity contribution in [3.8, 4) is 28.3 Å². The van der Waals surface area contributed by atoms with E-state index in [2.05, 4.69) is 21.9 Å². The van der Waals surface area contributed by atoms with E-state index in [-0.39, 0.29) is 5.97 Å². The van der Waals surface area contributed by atoms with Crippen LogP contribution in [0.25, 0.3) is 33.7 Å². The summed E-state index contributed by atoms with van der Waals surface area (Å²) in [7, 11) is 1.39. The van der Waals surface area contributed by atoms with Crippen molar-refractivity contribution >= 4 is 17.1 Å². The highest BCUT2D eigenvalue weighted by atomic mass is 16.5. The first-order valence-electron chi connectivity index (χ1n) is 9.49. The Balaban J connectivity index is 1.40. The number of hydrogen-bond acceptors (Lipinski definition) is 5. The minimum absolute atomic E-state index is 0.217. The number of para-hydroxylation sites is 2. The Hall–Kier alpha value is -3.60. The van der Waals surface area contributed by atoms with Crippen LogP contribution in [-0.2, 0) is 9.53 Å². The molecule has 29 heavy (non-hydrogen) atoms. The summed E-state index contributed by atoms with van der Waals surface area (Å²) < 4.78 is 16.1. The van der Waals surface area contributed by atoms with Gasteiger partial charge in [-0.25, -0.2) is 4.98 Å². The van der Waals surface area contributed by atoms with Crippen LogP contribution in [0, 0.1) is 0 Å². The summed E-state index contributed by atoms with van der Waals surface area (Å²) in [5.41, 5.74) is 4.77. The normalized spacial score (nSPS) is 10.8. The van der Waals surface area contributed by atoms with E-state index in [9.17, 15) is 4.79 Å². The van der Waals surface area contributed by atoms with Gasteiger partial charge in [0.2, 0.25) is 5.89 Å². The van der Waals surface area contributed by atoms with Gasteiger partial charge < -0.3 is 13.9 Å². The lowest BCUT2D eigenvalue weighted by atomic mass is 10.0. The molecule has 146 valence electrons. The topological polar surface area (TPSA) is 61.6 Å². The van der Waals surface area contributed by atoms with Crippen LogP contribution in [0.5, 0.6) is 5.75 Å². The van der Waals surface area contributed by atoms with Gasteiger partial charge in [-0.15, -0.1) is 0 Å². The van der Waals surface area contributed by atoms with Crippen LogP contribution >= 0.6 is 0 Å². The third kappa shape index (κ3) is 4.46. The second kappa shape index (κ2) is 8.61. The predicted molar refractivity (Wildman–Crippen MR) is 112 cm³/mol. The predicted octanol–water partition coefficient (Wildman–Crippen LogP) is 5.49. The van der Waals surface area contributed by atoms with E-state index in [0.717, 1.165) is 33.5 Å². The van der Waals surface area contributed by atoms with Gasteiger partial charge >= 0.3 is 5.97 Å². The molecule has 1 aromatic heterocycles. The number of methoxy groups -OCH3 is 1. The quantitative estimate of drug-likeness (QED) is 0.310. The molecule has 0 saturated carbocycles. The van der Waals surface area contributed by atoms with Crippen molar-refractivity contribution in [1.82, 2.24) is 4.98 Å². The molecule has 0 aliphatic heterocycles. The minimum Gasteiger partial charge on any atom is -0.494 e. The standard InChI is InChI=1S/C24H21NO4/c1-27-23(26)7-4-16-28-20-14-12-18(13-15-20)17-8-10-19(11-9-17)24-25-21-5-2-3-6-22(21)29-24/h2-3,5-6,8-15H,4,7,16H2,1H3. The number of fused-ring (bicyclic) bond motifs is 1. The fourth-order valence-electron chi connectivity index (χ4n) is 3.05. The zero-order valence-corrected chi connectivity index (χ0v) is 16.1. The molecule has 0 spiro atoms. The maximum Gasteiger partial charge on any atom is 0.305 e. The van der Waals surface area contributed by atoms with Gasteiger partial charge in [0.05, 0.1) is 13.7 Å². The van der Waals surface area contributed by atoms with Crippen molar-refractivity contribution in [2.45, 2.75) is 12.8 Å². The van der Waals surface area contributed by atoms with Crippen LogP contribution in [-0.4, -0.2) is 24.7 Å². The van der Waals surface area contributed by atoms with Crippen molar-refractivity contribution in [3.63, 3.8) is 0 Å². The van der Waals surface area contributed by atoms with Gasteiger partial charge in [-0.05, 0) is 53.9 Å². The Kier molecular flexibility index (Phi) is 5.56. The zero-order chi connectivity index (χ0) is 20.1. The van der Waals surface area contributed by atoms with Crippen molar-refractivity contribution < 1.29 is 18.7 Å². The smallest absolute Gasteiger partial charge is 0.305 e. The molecule has 0 aliphatic carbocycles. The molecule has 0 unspecified atom stereocenters. The van der Waals surface area contributed by atoms with E-state index in [1.54, 1.807) is 0 Å². The van der Waals surface area contributed by atoms with Gasteiger partial charge in [0, 0.05) is 12.0 Å². The third-order valence-electron chi connectivity index (χ3n) is 4.64. The number of rotatable bonds is 7. The van der Waals surface area contributed by atoms with Gasteiger partial charge in [-0.1, -0.05) is 36.4 Å². The number of carbonyl (C=O) groups is 1. The van der Waals surface area contributed by atoms with E-state index in [1.807, 2.05) is 60.7 Å². The summed E-state index contributed by atoms with van der Waals surface area (Å²) in [6, 6.07) is 23.8. The summed E-state index contributed by atoms with van der Waals surface area (Å²) in [5.74, 6) is 1.18. The fraction of sp³-hybridized carbons (Fsp3) is 0.167. The first-order valence-corrected chi connectivity index (χ1v) is 9.49. The molecule has 0 aliphatic rings. The third-order valence-corrected chi connectivity index (χ3v) is 4.64. The maximum absolute atomic E-state index is 11.1. The molecule has 0 atom stereocenters. The van der Waals surface area contributed by atoms with E-state index in [0.29, 0.717) is 25.3 Å².